The predicted octanol–water partition coefficient (Wildman–Crippen LogP) is 2.54. The molecule has 4 heteroatoms. The first-order valence-electron chi connectivity index (χ1n) is 6.57. The zero-order valence-corrected chi connectivity index (χ0v) is 12.3. The number of rotatable bonds is 6. The number of ether oxygens (including phenoxy) is 1. The predicted molar refractivity (Wildman–Crippen MR) is 77.9 cm³/mol. The summed E-state index contributed by atoms with van der Waals surface area (Å²) >= 11 is 0. The van der Waals surface area contributed by atoms with Gasteiger partial charge in [0.25, 0.3) is 0 Å². The van der Waals surface area contributed by atoms with Crippen LogP contribution in [-0.2, 0) is 20.9 Å². The minimum absolute atomic E-state index is 0.0854. The van der Waals surface area contributed by atoms with E-state index in [9.17, 15) is 9.59 Å². The number of amides is 1. The molecule has 0 aliphatic carbocycles. The monoisotopic (exact) mass is 275 g/mol. The Morgan fingerprint density at radius 1 is 1.20 bits per heavy atom. The lowest BCUT2D eigenvalue weighted by Gasteiger charge is -2.21. The summed E-state index contributed by atoms with van der Waals surface area (Å²) < 4.78 is 4.62. The lowest BCUT2D eigenvalue weighted by atomic mass is 10.2. The number of esters is 1. The molecular formula is C16H21NO3. The molecule has 20 heavy (non-hydrogen) atoms. The number of benzene rings is 1. The van der Waals surface area contributed by atoms with Crippen LogP contribution >= 0.6 is 0 Å². The number of hydrogen-bond donors (Lipinski definition) is 0. The Morgan fingerprint density at radius 3 is 2.40 bits per heavy atom. The Hall–Kier alpha value is -2.10. The van der Waals surface area contributed by atoms with Crippen LogP contribution in [0.2, 0.25) is 0 Å². The maximum atomic E-state index is 12.2. The number of hydrogen-bond acceptors (Lipinski definition) is 3. The normalized spacial score (nSPS) is 9.75. The molecule has 0 aromatic heterocycles. The lowest BCUT2D eigenvalue weighted by Crippen LogP contribution is -2.31. The van der Waals surface area contributed by atoms with Crippen LogP contribution in [0.15, 0.2) is 42.0 Å². The van der Waals surface area contributed by atoms with Gasteiger partial charge >= 0.3 is 5.97 Å². The summed E-state index contributed by atoms with van der Waals surface area (Å²) in [6, 6.07) is 9.71. The molecule has 0 fully saturated rings. The molecule has 0 bridgehead atoms. The lowest BCUT2D eigenvalue weighted by molar-refractivity contribution is -0.141. The molecular weight excluding hydrogens is 254 g/mol. The van der Waals surface area contributed by atoms with Gasteiger partial charge in [0, 0.05) is 19.2 Å². The second kappa shape index (κ2) is 8.15. The van der Waals surface area contributed by atoms with Gasteiger partial charge in [0.1, 0.15) is 0 Å². The quantitative estimate of drug-likeness (QED) is 0.592. The van der Waals surface area contributed by atoms with Crippen LogP contribution < -0.4 is 0 Å². The van der Waals surface area contributed by atoms with Crippen LogP contribution in [0.5, 0.6) is 0 Å². The largest absolute Gasteiger partial charge is 0.469 e. The average Bonchev–Trinajstić information content (AvgIpc) is 2.43. The van der Waals surface area contributed by atoms with Crippen molar-refractivity contribution in [2.24, 2.45) is 0 Å². The van der Waals surface area contributed by atoms with Crippen molar-refractivity contribution in [3.05, 3.63) is 47.5 Å². The molecule has 1 aromatic rings. The summed E-state index contributed by atoms with van der Waals surface area (Å²) in [5.74, 6) is -0.397. The fraction of sp³-hybridized carbons (Fsp3) is 0.375. The molecule has 0 unspecified atom stereocenters. The van der Waals surface area contributed by atoms with E-state index in [0.717, 1.165) is 11.1 Å². The third-order valence-corrected chi connectivity index (χ3v) is 2.75. The zero-order valence-electron chi connectivity index (χ0n) is 12.3. The highest BCUT2D eigenvalue weighted by Gasteiger charge is 2.13. The van der Waals surface area contributed by atoms with Crippen molar-refractivity contribution in [1.82, 2.24) is 4.90 Å². The maximum absolute atomic E-state index is 12.2. The molecule has 0 saturated carbocycles. The van der Waals surface area contributed by atoms with Crippen molar-refractivity contribution in [2.45, 2.75) is 26.8 Å². The maximum Gasteiger partial charge on any atom is 0.307 e. The van der Waals surface area contributed by atoms with Gasteiger partial charge in [0.15, 0.2) is 0 Å². The number of carbonyl (C=O) groups is 2. The second-order valence-corrected chi connectivity index (χ2v) is 4.79. The molecule has 0 aliphatic rings. The molecule has 4 nitrogen and oxygen atoms in total. The summed E-state index contributed by atoms with van der Waals surface area (Å²) in [6.07, 6.45) is 1.78. The Balaban J connectivity index is 2.76. The smallest absolute Gasteiger partial charge is 0.307 e. The first-order valence-corrected chi connectivity index (χ1v) is 6.57. The molecule has 1 aromatic carbocycles. The number of nitrogens with zero attached hydrogens (tertiary/aromatic N) is 1. The van der Waals surface area contributed by atoms with E-state index < -0.39 is 0 Å². The summed E-state index contributed by atoms with van der Waals surface area (Å²) in [5.41, 5.74) is 1.97. The SMILES string of the molecule is COC(=O)CCN(Cc1ccccc1)C(=O)C=C(C)C. The van der Waals surface area contributed by atoms with Gasteiger partial charge in [-0.05, 0) is 19.4 Å². The van der Waals surface area contributed by atoms with Crippen molar-refractivity contribution >= 4 is 11.9 Å². The third-order valence-electron chi connectivity index (χ3n) is 2.75. The van der Waals surface area contributed by atoms with E-state index in [1.54, 1.807) is 11.0 Å². The molecule has 108 valence electrons. The van der Waals surface area contributed by atoms with Crippen molar-refractivity contribution < 1.29 is 14.3 Å². The van der Waals surface area contributed by atoms with E-state index in [2.05, 4.69) is 4.74 Å². The van der Waals surface area contributed by atoms with Gasteiger partial charge in [-0.2, -0.15) is 0 Å². The first-order chi connectivity index (χ1) is 9.52. The summed E-state index contributed by atoms with van der Waals surface area (Å²) in [4.78, 5) is 25.0. The Bertz CT molecular complexity index is 476. The Morgan fingerprint density at radius 2 is 1.85 bits per heavy atom. The molecule has 1 amide bonds. The molecule has 0 heterocycles. The van der Waals surface area contributed by atoms with Crippen LogP contribution in [0.25, 0.3) is 0 Å². The standard InChI is InChI=1S/C16H21NO3/c1-13(2)11-15(18)17(10-9-16(19)20-3)12-14-7-5-4-6-8-14/h4-8,11H,9-10,12H2,1-3H3. The van der Waals surface area contributed by atoms with Gasteiger partial charge in [-0.15, -0.1) is 0 Å². The average molecular weight is 275 g/mol. The number of methoxy groups -OCH3 is 1. The van der Waals surface area contributed by atoms with Crippen LogP contribution in [-0.4, -0.2) is 30.4 Å². The summed E-state index contributed by atoms with van der Waals surface area (Å²) in [7, 11) is 1.35. The molecule has 0 N–H and O–H groups in total. The summed E-state index contributed by atoms with van der Waals surface area (Å²) in [6.45, 7) is 4.59. The van der Waals surface area contributed by atoms with Crippen LogP contribution in [0.3, 0.4) is 0 Å². The second-order valence-electron chi connectivity index (χ2n) is 4.79. The van der Waals surface area contributed by atoms with Crippen molar-refractivity contribution in [3.8, 4) is 0 Å². The molecule has 0 atom stereocenters. The van der Waals surface area contributed by atoms with Gasteiger partial charge in [-0.3, -0.25) is 9.59 Å². The van der Waals surface area contributed by atoms with E-state index in [1.165, 1.54) is 7.11 Å². The van der Waals surface area contributed by atoms with Crippen molar-refractivity contribution in [2.75, 3.05) is 13.7 Å². The van der Waals surface area contributed by atoms with E-state index in [0.29, 0.717) is 13.1 Å². The molecule has 0 aliphatic heterocycles. The molecule has 0 saturated heterocycles. The topological polar surface area (TPSA) is 46.6 Å². The molecule has 0 radical (unpaired) electrons. The summed E-state index contributed by atoms with van der Waals surface area (Å²) in [5, 5.41) is 0. The minimum Gasteiger partial charge on any atom is -0.469 e. The third kappa shape index (κ3) is 5.69. The van der Waals surface area contributed by atoms with E-state index >= 15 is 0 Å². The van der Waals surface area contributed by atoms with Gasteiger partial charge in [-0.25, -0.2) is 0 Å². The zero-order chi connectivity index (χ0) is 15.0. The molecule has 0 spiro atoms. The van der Waals surface area contributed by atoms with E-state index in [1.807, 2.05) is 44.2 Å². The van der Waals surface area contributed by atoms with Crippen molar-refractivity contribution in [1.29, 1.82) is 0 Å². The Kier molecular flexibility index (Phi) is 6.50. The van der Waals surface area contributed by atoms with E-state index in [4.69, 9.17) is 0 Å². The van der Waals surface area contributed by atoms with Gasteiger partial charge < -0.3 is 9.64 Å². The highest BCUT2D eigenvalue weighted by atomic mass is 16.5. The molecule has 1 rings (SSSR count). The Labute approximate surface area is 120 Å². The number of allylic oxidation sites excluding steroid dienone is 1. The fourth-order valence-electron chi connectivity index (χ4n) is 1.74. The van der Waals surface area contributed by atoms with Gasteiger partial charge in [0.05, 0.1) is 13.5 Å². The fourth-order valence-corrected chi connectivity index (χ4v) is 1.74. The highest BCUT2D eigenvalue weighted by molar-refractivity contribution is 5.88. The van der Waals surface area contributed by atoms with Crippen molar-refractivity contribution in [3.63, 3.8) is 0 Å². The van der Waals surface area contributed by atoms with Gasteiger partial charge in [-0.1, -0.05) is 35.9 Å². The van der Waals surface area contributed by atoms with Crippen LogP contribution in [0.1, 0.15) is 25.8 Å². The van der Waals surface area contributed by atoms with Crippen LogP contribution in [0, 0.1) is 0 Å². The number of carbonyl (C=O) groups excluding carboxylic acids is 2. The highest BCUT2D eigenvalue weighted by Crippen LogP contribution is 2.07. The first kappa shape index (κ1) is 16.0. The van der Waals surface area contributed by atoms with Gasteiger partial charge in [0.2, 0.25) is 5.91 Å². The van der Waals surface area contributed by atoms with E-state index in [-0.39, 0.29) is 18.3 Å². The minimum atomic E-state index is -0.312. The van der Waals surface area contributed by atoms with Crippen LogP contribution in [0.4, 0.5) is 0 Å².